The van der Waals surface area contributed by atoms with Gasteiger partial charge in [0.2, 0.25) is 0 Å². The van der Waals surface area contributed by atoms with Crippen LogP contribution in [0.2, 0.25) is 0 Å². The van der Waals surface area contributed by atoms with Crippen LogP contribution in [0.1, 0.15) is 37.5 Å². The number of rotatable bonds is 7. The maximum absolute atomic E-state index is 12.3. The van der Waals surface area contributed by atoms with E-state index in [0.717, 1.165) is 50.3 Å². The summed E-state index contributed by atoms with van der Waals surface area (Å²) in [4.78, 5) is 4.11. The summed E-state index contributed by atoms with van der Waals surface area (Å²) >= 11 is 1.49. The van der Waals surface area contributed by atoms with E-state index in [2.05, 4.69) is 17.1 Å². The van der Waals surface area contributed by atoms with Gasteiger partial charge in [-0.25, -0.2) is 13.4 Å². The first-order chi connectivity index (χ1) is 9.62. The van der Waals surface area contributed by atoms with Gasteiger partial charge in [0.05, 0.1) is 4.90 Å². The van der Waals surface area contributed by atoms with Crippen molar-refractivity contribution < 1.29 is 8.42 Å². The molecular weight excluding hydrogens is 294 g/mol. The summed E-state index contributed by atoms with van der Waals surface area (Å²) in [6.45, 7) is 5.40. The summed E-state index contributed by atoms with van der Waals surface area (Å²) in [5, 5.41) is 6.81. The van der Waals surface area contributed by atoms with E-state index in [9.17, 15) is 8.42 Å². The van der Waals surface area contributed by atoms with Gasteiger partial charge in [0.25, 0.3) is 10.0 Å². The fourth-order valence-corrected chi connectivity index (χ4v) is 4.56. The molecule has 1 fully saturated rings. The Morgan fingerprint density at radius 1 is 1.30 bits per heavy atom. The molecule has 1 aromatic rings. The average Bonchev–Trinajstić information content (AvgIpc) is 2.89. The molecule has 0 amide bonds. The summed E-state index contributed by atoms with van der Waals surface area (Å²) in [7, 11) is -3.41. The van der Waals surface area contributed by atoms with Crippen LogP contribution in [-0.4, -0.2) is 33.1 Å². The monoisotopic (exact) mass is 317 g/mol. The summed E-state index contributed by atoms with van der Waals surface area (Å²) in [6, 6.07) is 1.76. The van der Waals surface area contributed by atoms with E-state index in [1.54, 1.807) is 11.4 Å². The van der Waals surface area contributed by atoms with Crippen LogP contribution < -0.4 is 10.1 Å². The highest BCUT2D eigenvalue weighted by atomic mass is 32.2. The van der Waals surface area contributed by atoms with Gasteiger partial charge in [0, 0.05) is 29.9 Å². The number of hydrazine groups is 1. The quantitative estimate of drug-likeness (QED) is 0.754. The van der Waals surface area contributed by atoms with Crippen LogP contribution in [0.15, 0.2) is 16.3 Å². The lowest BCUT2D eigenvalue weighted by Gasteiger charge is -2.26. The Morgan fingerprint density at radius 3 is 2.75 bits per heavy atom. The van der Waals surface area contributed by atoms with Crippen molar-refractivity contribution in [3.63, 3.8) is 0 Å². The minimum Gasteiger partial charge on any atom is -0.312 e. The van der Waals surface area contributed by atoms with E-state index in [-0.39, 0.29) is 0 Å². The second-order valence-electron chi connectivity index (χ2n) is 5.07. The lowest BCUT2D eigenvalue weighted by atomic mass is 10.2. The molecule has 0 unspecified atom stereocenters. The standard InChI is InChI=1S/C13H23N3O2S2/c1-2-6-14-10-12-9-13(11-19-12)20(17,18)15-16-7-4-3-5-8-16/h9,11,14-15H,2-8,10H2,1H3. The van der Waals surface area contributed by atoms with Gasteiger partial charge in [-0.15, -0.1) is 16.2 Å². The van der Waals surface area contributed by atoms with E-state index in [4.69, 9.17) is 0 Å². The zero-order valence-electron chi connectivity index (χ0n) is 11.9. The molecular formula is C13H23N3O2S2. The molecule has 114 valence electrons. The highest BCUT2D eigenvalue weighted by molar-refractivity contribution is 7.89. The molecule has 0 aliphatic carbocycles. The van der Waals surface area contributed by atoms with Gasteiger partial charge in [-0.1, -0.05) is 13.3 Å². The van der Waals surface area contributed by atoms with E-state index in [0.29, 0.717) is 4.90 Å². The molecule has 0 atom stereocenters. The van der Waals surface area contributed by atoms with Crippen LogP contribution in [0, 0.1) is 0 Å². The molecule has 0 saturated carbocycles. The van der Waals surface area contributed by atoms with E-state index < -0.39 is 10.0 Å². The first-order valence-electron chi connectivity index (χ1n) is 7.17. The molecule has 0 spiro atoms. The SMILES string of the molecule is CCCNCc1cc(S(=O)(=O)NN2CCCCC2)cs1. The van der Waals surface area contributed by atoms with Crippen LogP contribution in [0.25, 0.3) is 0 Å². The summed E-state index contributed by atoms with van der Waals surface area (Å²) in [5.41, 5.74) is 0. The maximum Gasteiger partial charge on any atom is 0.254 e. The molecule has 2 heterocycles. The number of hydrogen-bond donors (Lipinski definition) is 2. The topological polar surface area (TPSA) is 61.4 Å². The van der Waals surface area contributed by atoms with Crippen molar-refractivity contribution in [2.75, 3.05) is 19.6 Å². The second-order valence-corrected chi connectivity index (χ2v) is 7.72. The Kier molecular flexibility index (Phi) is 5.98. The van der Waals surface area contributed by atoms with Crippen molar-refractivity contribution in [1.82, 2.24) is 15.2 Å². The lowest BCUT2D eigenvalue weighted by molar-refractivity contribution is 0.200. The van der Waals surface area contributed by atoms with Crippen LogP contribution in [-0.2, 0) is 16.6 Å². The average molecular weight is 317 g/mol. The van der Waals surface area contributed by atoms with Gasteiger partial charge in [0.15, 0.2) is 0 Å². The maximum atomic E-state index is 12.3. The Morgan fingerprint density at radius 2 is 2.05 bits per heavy atom. The van der Waals surface area contributed by atoms with E-state index >= 15 is 0 Å². The molecule has 7 heteroatoms. The third-order valence-corrected chi connectivity index (χ3v) is 5.71. The second kappa shape index (κ2) is 7.51. The zero-order valence-corrected chi connectivity index (χ0v) is 13.5. The largest absolute Gasteiger partial charge is 0.312 e. The highest BCUT2D eigenvalue weighted by Gasteiger charge is 2.21. The number of piperidine rings is 1. The van der Waals surface area contributed by atoms with Crippen LogP contribution in [0.3, 0.4) is 0 Å². The molecule has 1 aliphatic heterocycles. The first-order valence-corrected chi connectivity index (χ1v) is 9.53. The van der Waals surface area contributed by atoms with Crippen LogP contribution in [0.5, 0.6) is 0 Å². The number of nitrogens with one attached hydrogen (secondary N) is 2. The van der Waals surface area contributed by atoms with Gasteiger partial charge in [-0.3, -0.25) is 0 Å². The molecule has 5 nitrogen and oxygen atoms in total. The molecule has 2 rings (SSSR count). The number of hydrogen-bond acceptors (Lipinski definition) is 5. The smallest absolute Gasteiger partial charge is 0.254 e. The van der Waals surface area contributed by atoms with Gasteiger partial charge >= 0.3 is 0 Å². The number of nitrogens with zero attached hydrogens (tertiary/aromatic N) is 1. The molecule has 20 heavy (non-hydrogen) atoms. The fraction of sp³-hybridized carbons (Fsp3) is 0.692. The van der Waals surface area contributed by atoms with Crippen molar-refractivity contribution in [1.29, 1.82) is 0 Å². The molecule has 1 aromatic heterocycles. The Labute approximate surface area is 125 Å². The molecule has 1 saturated heterocycles. The van der Waals surface area contributed by atoms with Crippen molar-refractivity contribution in [2.24, 2.45) is 0 Å². The Balaban J connectivity index is 1.94. The van der Waals surface area contributed by atoms with Crippen LogP contribution >= 0.6 is 11.3 Å². The summed E-state index contributed by atoms with van der Waals surface area (Å²) in [6.07, 6.45) is 4.37. The minimum absolute atomic E-state index is 0.376. The van der Waals surface area contributed by atoms with Gasteiger partial charge in [0.1, 0.15) is 0 Å². The molecule has 0 bridgehead atoms. The Hall–Kier alpha value is -0.470. The van der Waals surface area contributed by atoms with Gasteiger partial charge in [-0.05, 0) is 31.9 Å². The van der Waals surface area contributed by atoms with Crippen molar-refractivity contribution in [2.45, 2.75) is 44.0 Å². The molecule has 0 radical (unpaired) electrons. The zero-order chi connectivity index (χ0) is 14.4. The van der Waals surface area contributed by atoms with Crippen molar-refractivity contribution in [3.8, 4) is 0 Å². The normalized spacial score (nSPS) is 17.4. The lowest BCUT2D eigenvalue weighted by Crippen LogP contribution is -2.44. The number of thiophene rings is 1. The highest BCUT2D eigenvalue weighted by Crippen LogP contribution is 2.20. The fourth-order valence-electron chi connectivity index (χ4n) is 2.19. The molecule has 1 aliphatic rings. The predicted molar refractivity (Wildman–Crippen MR) is 82.1 cm³/mol. The summed E-state index contributed by atoms with van der Waals surface area (Å²) < 4.78 is 24.6. The van der Waals surface area contributed by atoms with E-state index in [1.807, 2.05) is 5.01 Å². The van der Waals surface area contributed by atoms with Crippen molar-refractivity contribution >= 4 is 21.4 Å². The van der Waals surface area contributed by atoms with E-state index in [1.165, 1.54) is 17.8 Å². The molecule has 2 N–H and O–H groups in total. The van der Waals surface area contributed by atoms with Crippen molar-refractivity contribution in [3.05, 3.63) is 16.3 Å². The van der Waals surface area contributed by atoms with Gasteiger partial charge < -0.3 is 5.32 Å². The molecule has 0 aromatic carbocycles. The third kappa shape index (κ3) is 4.53. The minimum atomic E-state index is -3.41. The van der Waals surface area contributed by atoms with Gasteiger partial charge in [-0.2, -0.15) is 0 Å². The summed E-state index contributed by atoms with van der Waals surface area (Å²) in [5.74, 6) is 0. The van der Waals surface area contributed by atoms with Crippen LogP contribution in [0.4, 0.5) is 0 Å². The third-order valence-electron chi connectivity index (χ3n) is 3.27. The first kappa shape index (κ1) is 15.9. The number of sulfonamides is 1. The Bertz CT molecular complexity index is 507. The predicted octanol–water partition coefficient (Wildman–Crippen LogP) is 1.93.